The lowest BCUT2D eigenvalue weighted by Crippen LogP contribution is -2.11. The zero-order valence-electron chi connectivity index (χ0n) is 8.65. The summed E-state index contributed by atoms with van der Waals surface area (Å²) in [6.07, 6.45) is -4.35. The molecule has 1 nitrogen and oxygen atoms in total. The third-order valence-electron chi connectivity index (χ3n) is 2.53. The van der Waals surface area contributed by atoms with Gasteiger partial charge in [0.2, 0.25) is 0 Å². The van der Waals surface area contributed by atoms with Gasteiger partial charge in [0.05, 0.1) is 17.9 Å². The fourth-order valence-electron chi connectivity index (χ4n) is 1.84. The van der Waals surface area contributed by atoms with Gasteiger partial charge < -0.3 is 4.74 Å². The molecule has 0 N–H and O–H groups in total. The molecule has 6 heteroatoms. The first-order valence-corrected chi connectivity index (χ1v) is 6.73. The first-order valence-electron chi connectivity index (χ1n) is 5.03. The van der Waals surface area contributed by atoms with Gasteiger partial charge in [0.1, 0.15) is 5.75 Å². The van der Waals surface area contributed by atoms with Crippen LogP contribution in [0.4, 0.5) is 13.2 Å². The summed E-state index contributed by atoms with van der Waals surface area (Å²) >= 11 is 6.39. The van der Waals surface area contributed by atoms with Crippen molar-refractivity contribution in [3.8, 4) is 5.75 Å². The lowest BCUT2D eigenvalue weighted by Gasteiger charge is -2.16. The van der Waals surface area contributed by atoms with E-state index in [-0.39, 0.29) is 0 Å². The zero-order valence-corrected chi connectivity index (χ0v) is 11.8. The van der Waals surface area contributed by atoms with Crippen LogP contribution in [-0.4, -0.2) is 12.8 Å². The summed E-state index contributed by atoms with van der Waals surface area (Å²) in [5.74, 6) is 0.597. The van der Waals surface area contributed by atoms with Crippen LogP contribution in [0.5, 0.6) is 5.75 Å². The van der Waals surface area contributed by atoms with Crippen molar-refractivity contribution in [1.82, 2.24) is 0 Å². The number of halogens is 5. The Bertz CT molecular complexity index is 431. The highest BCUT2D eigenvalue weighted by atomic mass is 79.9. The monoisotopic (exact) mass is 372 g/mol. The topological polar surface area (TPSA) is 9.23 Å². The van der Waals surface area contributed by atoms with Gasteiger partial charge in [-0.1, -0.05) is 31.9 Å². The fraction of sp³-hybridized carbons (Fsp3) is 0.455. The maximum atomic E-state index is 12.4. The Balaban J connectivity index is 2.32. The van der Waals surface area contributed by atoms with Gasteiger partial charge in [-0.05, 0) is 17.7 Å². The molecular formula is C11H9Br2F3O. The molecule has 0 aliphatic carbocycles. The predicted octanol–water partition coefficient (Wildman–Crippen LogP) is 4.77. The minimum Gasteiger partial charge on any atom is -0.493 e. The smallest absolute Gasteiger partial charge is 0.390 e. The number of benzene rings is 1. The van der Waals surface area contributed by atoms with E-state index in [0.29, 0.717) is 17.9 Å². The maximum Gasteiger partial charge on any atom is 0.390 e. The molecule has 0 fully saturated rings. The van der Waals surface area contributed by atoms with E-state index in [2.05, 4.69) is 31.9 Å². The number of hydrogen-bond donors (Lipinski definition) is 0. The normalized spacial score (nSPS) is 16.5. The SMILES string of the molecule is FC(F)(F)CC(Br)c1cc(Br)cc2c1OCC2. The van der Waals surface area contributed by atoms with Crippen LogP contribution in [0.3, 0.4) is 0 Å². The quantitative estimate of drug-likeness (QED) is 0.678. The highest BCUT2D eigenvalue weighted by Gasteiger charge is 2.33. The molecule has 2 rings (SSSR count). The highest BCUT2D eigenvalue weighted by Crippen LogP contribution is 2.43. The fourth-order valence-corrected chi connectivity index (χ4v) is 3.07. The number of ether oxygens (including phenoxy) is 1. The minimum absolute atomic E-state index is 0.532. The Hall–Kier alpha value is -0.230. The Kier molecular flexibility index (Phi) is 3.73. The van der Waals surface area contributed by atoms with E-state index in [1.54, 1.807) is 6.07 Å². The van der Waals surface area contributed by atoms with Gasteiger partial charge >= 0.3 is 6.18 Å². The maximum absolute atomic E-state index is 12.4. The molecule has 0 spiro atoms. The third-order valence-corrected chi connectivity index (χ3v) is 3.80. The minimum atomic E-state index is -4.19. The predicted molar refractivity (Wildman–Crippen MR) is 65.7 cm³/mol. The van der Waals surface area contributed by atoms with Crippen LogP contribution < -0.4 is 4.74 Å². The summed E-state index contributed by atoms with van der Waals surface area (Å²) < 4.78 is 43.3. The second-order valence-corrected chi connectivity index (χ2v) is 5.89. The number of fused-ring (bicyclic) bond motifs is 1. The molecule has 1 aromatic carbocycles. The summed E-state index contributed by atoms with van der Waals surface area (Å²) in [5.41, 5.74) is 1.52. The Morgan fingerprint density at radius 2 is 2.06 bits per heavy atom. The van der Waals surface area contributed by atoms with E-state index >= 15 is 0 Å². The number of alkyl halides is 4. The lowest BCUT2D eigenvalue weighted by atomic mass is 10.0. The van der Waals surface area contributed by atoms with Crippen molar-refractivity contribution in [2.24, 2.45) is 0 Å². The molecule has 17 heavy (non-hydrogen) atoms. The van der Waals surface area contributed by atoms with Crippen molar-refractivity contribution in [2.45, 2.75) is 23.8 Å². The molecule has 1 heterocycles. The molecule has 0 radical (unpaired) electrons. The van der Waals surface area contributed by atoms with Crippen molar-refractivity contribution >= 4 is 31.9 Å². The molecule has 1 unspecified atom stereocenters. The molecule has 1 atom stereocenters. The van der Waals surface area contributed by atoms with Crippen molar-refractivity contribution in [3.05, 3.63) is 27.7 Å². The summed E-state index contributed by atoms with van der Waals surface area (Å²) in [4.78, 5) is -0.771. The van der Waals surface area contributed by atoms with Crippen molar-refractivity contribution < 1.29 is 17.9 Å². The third kappa shape index (κ3) is 3.16. The number of rotatable bonds is 2. The van der Waals surface area contributed by atoms with Gasteiger partial charge in [0.25, 0.3) is 0 Å². The molecule has 0 bridgehead atoms. The molecular weight excluding hydrogens is 365 g/mol. The van der Waals surface area contributed by atoms with E-state index in [0.717, 1.165) is 16.5 Å². The van der Waals surface area contributed by atoms with Crippen molar-refractivity contribution in [2.75, 3.05) is 6.61 Å². The van der Waals surface area contributed by atoms with Gasteiger partial charge in [-0.2, -0.15) is 13.2 Å². The standard InChI is InChI=1S/C11H9Br2F3O/c12-7-3-6-1-2-17-10(6)8(4-7)9(13)5-11(14,15)16/h3-4,9H,1-2,5H2. The van der Waals surface area contributed by atoms with Crippen molar-refractivity contribution in [1.29, 1.82) is 0 Å². The van der Waals surface area contributed by atoms with Crippen LogP contribution in [0, 0.1) is 0 Å². The van der Waals surface area contributed by atoms with Gasteiger partial charge in [-0.25, -0.2) is 0 Å². The molecule has 1 aliphatic heterocycles. The highest BCUT2D eigenvalue weighted by molar-refractivity contribution is 9.10. The van der Waals surface area contributed by atoms with E-state index < -0.39 is 17.4 Å². The van der Waals surface area contributed by atoms with Crippen LogP contribution in [0.2, 0.25) is 0 Å². The van der Waals surface area contributed by atoms with E-state index in [4.69, 9.17) is 4.74 Å². The van der Waals surface area contributed by atoms with Crippen LogP contribution in [-0.2, 0) is 6.42 Å². The van der Waals surface area contributed by atoms with Gasteiger partial charge in [-0.15, -0.1) is 0 Å². The second kappa shape index (κ2) is 4.80. The van der Waals surface area contributed by atoms with Gasteiger partial charge in [0, 0.05) is 16.5 Å². The first-order chi connectivity index (χ1) is 7.87. The van der Waals surface area contributed by atoms with E-state index in [1.165, 1.54) is 0 Å². The zero-order chi connectivity index (χ0) is 12.6. The van der Waals surface area contributed by atoms with Gasteiger partial charge in [0.15, 0.2) is 0 Å². The molecule has 0 amide bonds. The molecule has 1 aliphatic rings. The first kappa shape index (κ1) is 13.2. The molecule has 0 aromatic heterocycles. The second-order valence-electron chi connectivity index (χ2n) is 3.87. The summed E-state index contributed by atoms with van der Waals surface area (Å²) in [6, 6.07) is 3.56. The van der Waals surface area contributed by atoms with Crippen LogP contribution >= 0.6 is 31.9 Å². The molecule has 0 saturated heterocycles. The Labute approximate surface area is 114 Å². The lowest BCUT2D eigenvalue weighted by molar-refractivity contribution is -0.134. The van der Waals surface area contributed by atoms with E-state index in [9.17, 15) is 13.2 Å². The average molecular weight is 374 g/mol. The van der Waals surface area contributed by atoms with Crippen molar-refractivity contribution in [3.63, 3.8) is 0 Å². The summed E-state index contributed by atoms with van der Waals surface area (Å²) in [6.45, 7) is 0.532. The Morgan fingerprint density at radius 3 is 2.71 bits per heavy atom. The summed E-state index contributed by atoms with van der Waals surface area (Å²) in [5, 5.41) is 0. The number of hydrogen-bond acceptors (Lipinski definition) is 1. The molecule has 94 valence electrons. The summed E-state index contributed by atoms with van der Waals surface area (Å²) in [7, 11) is 0. The van der Waals surface area contributed by atoms with Gasteiger partial charge in [-0.3, -0.25) is 0 Å². The van der Waals surface area contributed by atoms with Crippen LogP contribution in [0.15, 0.2) is 16.6 Å². The van der Waals surface area contributed by atoms with Crippen LogP contribution in [0.1, 0.15) is 22.4 Å². The largest absolute Gasteiger partial charge is 0.493 e. The molecule has 0 saturated carbocycles. The van der Waals surface area contributed by atoms with E-state index in [1.807, 2.05) is 6.07 Å². The average Bonchev–Trinajstić information content (AvgIpc) is 2.60. The Morgan fingerprint density at radius 1 is 1.35 bits per heavy atom. The molecule has 1 aromatic rings. The van der Waals surface area contributed by atoms with Crippen LogP contribution in [0.25, 0.3) is 0 Å².